The van der Waals surface area contributed by atoms with Crippen LogP contribution in [0.25, 0.3) is 10.9 Å². The molecule has 0 aromatic carbocycles. The van der Waals surface area contributed by atoms with E-state index in [-0.39, 0.29) is 18.1 Å². The molecule has 4 N–H and O–H groups in total. The Morgan fingerprint density at radius 3 is 2.65 bits per heavy atom. The lowest BCUT2D eigenvalue weighted by atomic mass is 9.95. The second-order valence-electron chi connectivity index (χ2n) is 10.1. The van der Waals surface area contributed by atoms with Gasteiger partial charge in [0.15, 0.2) is 0 Å². The van der Waals surface area contributed by atoms with Crippen LogP contribution in [0.5, 0.6) is 5.75 Å². The highest BCUT2D eigenvalue weighted by molar-refractivity contribution is 5.96. The Bertz CT molecular complexity index is 1030. The maximum Gasteiger partial charge on any atom is 0.225 e. The number of methoxy groups -OCH3 is 1. The van der Waals surface area contributed by atoms with Gasteiger partial charge in [-0.3, -0.25) is 15.2 Å². The number of hydrogen-bond donors (Lipinski definition) is 4. The second kappa shape index (κ2) is 9.54. The van der Waals surface area contributed by atoms with Crippen molar-refractivity contribution in [3.05, 3.63) is 18.3 Å². The summed E-state index contributed by atoms with van der Waals surface area (Å²) in [7, 11) is 1.68. The molecule has 184 valence electrons. The van der Waals surface area contributed by atoms with Crippen molar-refractivity contribution < 1.29 is 9.53 Å². The summed E-state index contributed by atoms with van der Waals surface area (Å²) in [6, 6.07) is 5.11. The van der Waals surface area contributed by atoms with Crippen LogP contribution in [-0.4, -0.2) is 58.2 Å². The van der Waals surface area contributed by atoms with Gasteiger partial charge in [-0.2, -0.15) is 0 Å². The van der Waals surface area contributed by atoms with Gasteiger partial charge < -0.3 is 20.3 Å². The molecule has 1 amide bonds. The fourth-order valence-corrected chi connectivity index (χ4v) is 5.76. The number of carbonyl (C=O) groups is 1. The first-order valence-corrected chi connectivity index (χ1v) is 12.7. The van der Waals surface area contributed by atoms with E-state index in [9.17, 15) is 4.79 Å². The number of amides is 1. The fraction of sp³-hybridized carbons (Fsp3) is 0.640. The Kier molecular flexibility index (Phi) is 6.48. The number of pyridine rings is 2. The lowest BCUT2D eigenvalue weighted by Gasteiger charge is -2.40. The number of carbonyl (C=O) groups excluding carboxylic acids is 1. The van der Waals surface area contributed by atoms with Crippen LogP contribution in [-0.2, 0) is 4.79 Å². The zero-order valence-electron chi connectivity index (χ0n) is 20.6. The number of ether oxygens (including phenoxy) is 1. The van der Waals surface area contributed by atoms with Crippen LogP contribution in [0.2, 0.25) is 0 Å². The summed E-state index contributed by atoms with van der Waals surface area (Å²) in [6.07, 6.45) is 7.77. The number of piperidine rings is 1. The third-order valence-electron chi connectivity index (χ3n) is 7.68. The quantitative estimate of drug-likeness (QED) is 0.492. The molecule has 9 heteroatoms. The fourth-order valence-electron chi connectivity index (χ4n) is 5.76. The number of rotatable bonds is 7. The van der Waals surface area contributed by atoms with Gasteiger partial charge in [0.25, 0.3) is 0 Å². The van der Waals surface area contributed by atoms with Crippen LogP contribution in [0.4, 0.5) is 11.6 Å². The van der Waals surface area contributed by atoms with E-state index in [4.69, 9.17) is 9.72 Å². The first-order chi connectivity index (χ1) is 16.5. The van der Waals surface area contributed by atoms with Gasteiger partial charge >= 0.3 is 0 Å². The van der Waals surface area contributed by atoms with Crippen molar-refractivity contribution in [1.29, 1.82) is 0 Å². The van der Waals surface area contributed by atoms with E-state index in [1.54, 1.807) is 13.3 Å². The highest BCUT2D eigenvalue weighted by atomic mass is 16.5. The predicted molar refractivity (Wildman–Crippen MR) is 134 cm³/mol. The predicted octanol–water partition coefficient (Wildman–Crippen LogP) is 3.24. The van der Waals surface area contributed by atoms with Gasteiger partial charge in [-0.25, -0.2) is 10.4 Å². The van der Waals surface area contributed by atoms with Gasteiger partial charge in [0.1, 0.15) is 17.4 Å². The van der Waals surface area contributed by atoms with Gasteiger partial charge in [-0.1, -0.05) is 13.8 Å². The normalized spacial score (nSPS) is 29.3. The molecule has 0 aliphatic carbocycles. The van der Waals surface area contributed by atoms with E-state index in [2.05, 4.69) is 52.1 Å². The Morgan fingerprint density at radius 1 is 1.24 bits per heavy atom. The highest BCUT2D eigenvalue weighted by Gasteiger charge is 2.44. The zero-order valence-corrected chi connectivity index (χ0v) is 20.6. The van der Waals surface area contributed by atoms with Crippen LogP contribution in [0.15, 0.2) is 18.3 Å². The molecule has 34 heavy (non-hydrogen) atoms. The van der Waals surface area contributed by atoms with Gasteiger partial charge in [-0.15, -0.1) is 0 Å². The highest BCUT2D eigenvalue weighted by Crippen LogP contribution is 2.39. The van der Waals surface area contributed by atoms with Crippen molar-refractivity contribution >= 4 is 28.4 Å². The van der Waals surface area contributed by atoms with E-state index in [1.807, 2.05) is 12.1 Å². The first-order valence-electron chi connectivity index (χ1n) is 12.7. The van der Waals surface area contributed by atoms with Crippen molar-refractivity contribution in [1.82, 2.24) is 25.7 Å². The molecule has 0 radical (unpaired) electrons. The van der Waals surface area contributed by atoms with Gasteiger partial charge in [0.05, 0.1) is 24.2 Å². The summed E-state index contributed by atoms with van der Waals surface area (Å²) in [5.41, 5.74) is 7.35. The molecular weight excluding hydrogens is 430 g/mol. The van der Waals surface area contributed by atoms with Gasteiger partial charge in [0, 0.05) is 42.3 Å². The monoisotopic (exact) mass is 467 g/mol. The summed E-state index contributed by atoms with van der Waals surface area (Å²) in [5.74, 6) is 2.73. The zero-order chi connectivity index (χ0) is 23.8. The van der Waals surface area contributed by atoms with Crippen molar-refractivity contribution in [3.63, 3.8) is 0 Å². The minimum Gasteiger partial charge on any atom is -0.496 e. The molecule has 5 rings (SSSR count). The smallest absolute Gasteiger partial charge is 0.225 e. The number of hydrazine groups is 1. The molecule has 2 aromatic heterocycles. The lowest BCUT2D eigenvalue weighted by Crippen LogP contribution is -2.51. The number of nitrogens with one attached hydrogen (secondary N) is 4. The standard InChI is InChI=1S/C25H37N7O2/c1-5-14(2)25(33)32-17-6-7-18(32)12-16(11-17)27-24-23-19(26-9-8-20(23)34-4)13-21(29-24)28-22-10-15(3)30-31-22/h8-9,13-18,22,30-31H,5-7,10-12H2,1-4H3,(H2,27,28,29)/t14?,15?,16?,17-,18+,22?. The summed E-state index contributed by atoms with van der Waals surface area (Å²) < 4.78 is 5.67. The molecule has 3 saturated heterocycles. The van der Waals surface area contributed by atoms with Crippen molar-refractivity contribution in [2.45, 2.75) is 89.6 Å². The van der Waals surface area contributed by atoms with E-state index in [0.717, 1.165) is 66.8 Å². The Hall–Kier alpha value is -2.65. The Labute approximate surface area is 201 Å². The van der Waals surface area contributed by atoms with Crippen molar-refractivity contribution in [2.75, 3.05) is 17.7 Å². The Morgan fingerprint density at radius 2 is 2.00 bits per heavy atom. The average Bonchev–Trinajstić information content (AvgIpc) is 3.36. The average molecular weight is 468 g/mol. The molecule has 9 nitrogen and oxygen atoms in total. The molecule has 4 unspecified atom stereocenters. The summed E-state index contributed by atoms with van der Waals surface area (Å²) in [5, 5.41) is 8.12. The number of hydrogen-bond acceptors (Lipinski definition) is 8. The summed E-state index contributed by atoms with van der Waals surface area (Å²) in [4.78, 5) is 24.8. The van der Waals surface area contributed by atoms with Gasteiger partial charge in [-0.05, 0) is 51.5 Å². The topological polar surface area (TPSA) is 103 Å². The summed E-state index contributed by atoms with van der Waals surface area (Å²) in [6.45, 7) is 6.29. The molecule has 2 bridgehead atoms. The van der Waals surface area contributed by atoms with Crippen LogP contribution >= 0.6 is 0 Å². The number of fused-ring (bicyclic) bond motifs is 3. The minimum absolute atomic E-state index is 0.0951. The molecule has 6 atom stereocenters. The largest absolute Gasteiger partial charge is 0.496 e. The van der Waals surface area contributed by atoms with Crippen LogP contribution in [0.3, 0.4) is 0 Å². The van der Waals surface area contributed by atoms with Gasteiger partial charge in [0.2, 0.25) is 5.91 Å². The minimum atomic E-state index is 0.0951. The lowest BCUT2D eigenvalue weighted by molar-refractivity contribution is -0.139. The Balaban J connectivity index is 1.40. The number of nitrogens with zero attached hydrogens (tertiary/aromatic N) is 3. The first kappa shape index (κ1) is 23.1. The SMILES string of the molecule is CCC(C)C(=O)N1[C@@H]2CC[C@H]1CC(Nc1nc(NC3CC(C)NN3)cc3nccc(OC)c13)C2. The third kappa shape index (κ3) is 4.38. The van der Waals surface area contributed by atoms with Crippen LogP contribution < -0.4 is 26.2 Å². The molecule has 0 spiro atoms. The molecule has 3 aliphatic heterocycles. The van der Waals surface area contributed by atoms with Crippen LogP contribution in [0.1, 0.15) is 59.3 Å². The van der Waals surface area contributed by atoms with Crippen molar-refractivity contribution in [2.24, 2.45) is 5.92 Å². The third-order valence-corrected chi connectivity index (χ3v) is 7.68. The number of aromatic nitrogens is 2. The number of anilines is 2. The van der Waals surface area contributed by atoms with E-state index in [0.29, 0.717) is 24.0 Å². The van der Waals surface area contributed by atoms with E-state index in [1.165, 1.54) is 0 Å². The van der Waals surface area contributed by atoms with Crippen molar-refractivity contribution in [3.8, 4) is 5.75 Å². The molecule has 0 saturated carbocycles. The molecule has 5 heterocycles. The van der Waals surface area contributed by atoms with E-state index >= 15 is 0 Å². The van der Waals surface area contributed by atoms with Crippen LogP contribution in [0, 0.1) is 5.92 Å². The molecule has 2 aromatic rings. The summed E-state index contributed by atoms with van der Waals surface area (Å²) >= 11 is 0. The molecular formula is C25H37N7O2. The maximum absolute atomic E-state index is 13.0. The maximum atomic E-state index is 13.0. The molecule has 3 aliphatic rings. The second-order valence-corrected chi connectivity index (χ2v) is 10.1. The van der Waals surface area contributed by atoms with E-state index < -0.39 is 0 Å². The molecule has 3 fully saturated rings.